The van der Waals surface area contributed by atoms with Crippen LogP contribution >= 0.6 is 0 Å². The first-order chi connectivity index (χ1) is 19.2. The number of aryl methyl sites for hydroxylation is 1. The molecule has 0 heterocycles. The average molecular weight is 527 g/mol. The van der Waals surface area contributed by atoms with E-state index in [-0.39, 0.29) is 18.1 Å². The van der Waals surface area contributed by atoms with Crippen molar-refractivity contribution in [3.63, 3.8) is 0 Å². The minimum absolute atomic E-state index is 0.0716. The summed E-state index contributed by atoms with van der Waals surface area (Å²) >= 11 is 0. The van der Waals surface area contributed by atoms with Gasteiger partial charge in [0.25, 0.3) is 0 Å². The van der Waals surface area contributed by atoms with Gasteiger partial charge in [0.1, 0.15) is 12.4 Å². The zero-order valence-corrected chi connectivity index (χ0v) is 23.1. The van der Waals surface area contributed by atoms with E-state index in [4.69, 9.17) is 14.2 Å². The fraction of sp³-hybridized carbons (Fsp3) is 0.486. The molecule has 0 radical (unpaired) electrons. The Balaban J connectivity index is 1.22. The number of fused-ring (bicyclic) bond motifs is 5. The molecular formula is C35H42O4. The van der Waals surface area contributed by atoms with Crippen LogP contribution < -0.4 is 4.74 Å². The highest BCUT2D eigenvalue weighted by Gasteiger charge is 2.58. The first-order valence-corrected chi connectivity index (χ1v) is 14.8. The summed E-state index contributed by atoms with van der Waals surface area (Å²) < 4.78 is 18.9. The van der Waals surface area contributed by atoms with Crippen molar-refractivity contribution in [1.29, 1.82) is 0 Å². The van der Waals surface area contributed by atoms with Crippen molar-refractivity contribution in [3.05, 3.63) is 101 Å². The predicted molar refractivity (Wildman–Crippen MR) is 154 cm³/mol. The third-order valence-electron chi connectivity index (χ3n) is 9.84. The molecule has 0 saturated heterocycles. The minimum atomic E-state index is 0.0716. The van der Waals surface area contributed by atoms with Gasteiger partial charge in [-0.1, -0.05) is 73.7 Å². The van der Waals surface area contributed by atoms with E-state index < -0.39 is 0 Å². The van der Waals surface area contributed by atoms with Crippen molar-refractivity contribution in [1.82, 2.24) is 0 Å². The van der Waals surface area contributed by atoms with Gasteiger partial charge in [-0.05, 0) is 95.6 Å². The van der Waals surface area contributed by atoms with Crippen LogP contribution in [0.5, 0.6) is 5.75 Å². The van der Waals surface area contributed by atoms with Crippen LogP contribution in [-0.2, 0) is 29.1 Å². The lowest BCUT2D eigenvalue weighted by Gasteiger charge is -2.54. The minimum Gasteiger partial charge on any atom is -0.489 e. The highest BCUT2D eigenvalue weighted by molar-refractivity contribution is 5.41. The average Bonchev–Trinajstić information content (AvgIpc) is 3.31. The Kier molecular flexibility index (Phi) is 8.06. The van der Waals surface area contributed by atoms with E-state index in [1.54, 1.807) is 0 Å². The van der Waals surface area contributed by atoms with Crippen molar-refractivity contribution in [2.45, 2.75) is 64.3 Å². The lowest BCUT2D eigenvalue weighted by Crippen LogP contribution is -2.49. The van der Waals surface area contributed by atoms with Crippen molar-refractivity contribution < 1.29 is 19.3 Å². The summed E-state index contributed by atoms with van der Waals surface area (Å²) in [7, 11) is 0. The van der Waals surface area contributed by atoms with Gasteiger partial charge >= 0.3 is 0 Å². The Labute approximate surface area is 233 Å². The SMILES string of the molecule is C[C@]12C[C@H](COCCO)[C@@H]3c4ccc(OCc5ccccc5)cc4CC[C@H]3[C@@H]1CCC2OCc1ccccc1. The van der Waals surface area contributed by atoms with Crippen LogP contribution in [0.1, 0.15) is 60.8 Å². The summed E-state index contributed by atoms with van der Waals surface area (Å²) in [6, 6.07) is 27.7. The first-order valence-electron chi connectivity index (χ1n) is 14.8. The Morgan fingerprint density at radius 3 is 2.36 bits per heavy atom. The molecule has 4 heteroatoms. The van der Waals surface area contributed by atoms with Gasteiger partial charge in [0.15, 0.2) is 0 Å². The zero-order chi connectivity index (χ0) is 26.7. The molecule has 2 fully saturated rings. The zero-order valence-electron chi connectivity index (χ0n) is 23.1. The Hall–Kier alpha value is -2.66. The number of rotatable bonds is 10. The molecule has 1 N–H and O–H groups in total. The fourth-order valence-corrected chi connectivity index (χ4v) is 8.16. The van der Waals surface area contributed by atoms with Crippen LogP contribution in [0.25, 0.3) is 0 Å². The van der Waals surface area contributed by atoms with Crippen LogP contribution in [0.4, 0.5) is 0 Å². The number of aliphatic hydroxyl groups excluding tert-OH is 1. The molecule has 2 saturated carbocycles. The molecule has 6 atom stereocenters. The van der Waals surface area contributed by atoms with E-state index in [0.29, 0.717) is 50.1 Å². The fourth-order valence-electron chi connectivity index (χ4n) is 8.16. The van der Waals surface area contributed by atoms with E-state index in [1.165, 1.54) is 35.1 Å². The summed E-state index contributed by atoms with van der Waals surface area (Å²) in [6.07, 6.45) is 6.08. The van der Waals surface area contributed by atoms with Crippen LogP contribution in [0.15, 0.2) is 78.9 Å². The molecule has 206 valence electrons. The van der Waals surface area contributed by atoms with Gasteiger partial charge in [-0.15, -0.1) is 0 Å². The van der Waals surface area contributed by atoms with E-state index in [9.17, 15) is 5.11 Å². The van der Waals surface area contributed by atoms with Crippen molar-refractivity contribution in [2.75, 3.05) is 19.8 Å². The molecule has 4 nitrogen and oxygen atoms in total. The summed E-state index contributed by atoms with van der Waals surface area (Å²) in [5, 5.41) is 9.41. The lowest BCUT2D eigenvalue weighted by molar-refractivity contribution is -0.0981. The Morgan fingerprint density at radius 2 is 1.62 bits per heavy atom. The van der Waals surface area contributed by atoms with Crippen molar-refractivity contribution >= 4 is 0 Å². The molecule has 3 aromatic carbocycles. The molecule has 3 aliphatic carbocycles. The third-order valence-corrected chi connectivity index (χ3v) is 9.84. The number of hydrogen-bond acceptors (Lipinski definition) is 4. The second-order valence-electron chi connectivity index (χ2n) is 12.1. The highest BCUT2D eigenvalue weighted by atomic mass is 16.5. The topological polar surface area (TPSA) is 47.9 Å². The molecule has 0 amide bonds. The molecule has 3 aromatic rings. The summed E-state index contributed by atoms with van der Waals surface area (Å²) in [6.45, 7) is 4.94. The smallest absolute Gasteiger partial charge is 0.120 e. The number of hydrogen-bond donors (Lipinski definition) is 1. The molecule has 0 aromatic heterocycles. The maximum Gasteiger partial charge on any atom is 0.120 e. The third kappa shape index (κ3) is 5.52. The molecule has 39 heavy (non-hydrogen) atoms. The van der Waals surface area contributed by atoms with Gasteiger partial charge in [0.2, 0.25) is 0 Å². The van der Waals surface area contributed by atoms with E-state index >= 15 is 0 Å². The highest BCUT2D eigenvalue weighted by Crippen LogP contribution is 2.63. The van der Waals surface area contributed by atoms with Crippen molar-refractivity contribution in [2.24, 2.45) is 23.2 Å². The molecule has 3 aliphatic rings. The quantitative estimate of drug-likeness (QED) is 0.291. The first kappa shape index (κ1) is 26.6. The van der Waals surface area contributed by atoms with E-state index in [0.717, 1.165) is 25.0 Å². The van der Waals surface area contributed by atoms with Crippen LogP contribution in [0.2, 0.25) is 0 Å². The second-order valence-corrected chi connectivity index (χ2v) is 12.1. The van der Waals surface area contributed by atoms with Gasteiger partial charge in [0.05, 0.1) is 32.5 Å². The van der Waals surface area contributed by atoms with E-state index in [1.807, 2.05) is 6.07 Å². The molecule has 1 unspecified atom stereocenters. The standard InChI is InChI=1S/C35H42O4/c1-35-21-28(24-37-19-18-36)34-30-15-13-29(38-22-25-8-4-2-5-9-25)20-27(30)12-14-31(34)32(35)16-17-33(35)39-23-26-10-6-3-7-11-26/h2-11,13,15,20,28,31-34,36H,12,14,16-19,21-24H2,1H3/t28-,31+,32+,33?,34-,35+/m1/s1. The normalized spacial score (nSPS) is 29.3. The van der Waals surface area contributed by atoms with Crippen LogP contribution in [0.3, 0.4) is 0 Å². The number of ether oxygens (including phenoxy) is 3. The largest absolute Gasteiger partial charge is 0.489 e. The number of benzene rings is 3. The van der Waals surface area contributed by atoms with Gasteiger partial charge < -0.3 is 19.3 Å². The van der Waals surface area contributed by atoms with Gasteiger partial charge in [-0.25, -0.2) is 0 Å². The van der Waals surface area contributed by atoms with Crippen molar-refractivity contribution in [3.8, 4) is 5.75 Å². The molecule has 0 spiro atoms. The maximum atomic E-state index is 9.41. The maximum absolute atomic E-state index is 9.41. The monoisotopic (exact) mass is 526 g/mol. The lowest BCUT2D eigenvalue weighted by atomic mass is 9.52. The number of aliphatic hydroxyl groups is 1. The summed E-state index contributed by atoms with van der Waals surface area (Å²) in [4.78, 5) is 0. The molecule has 0 aliphatic heterocycles. The Bertz CT molecular complexity index is 1210. The summed E-state index contributed by atoms with van der Waals surface area (Å²) in [5.41, 5.74) is 5.52. The van der Waals surface area contributed by atoms with E-state index in [2.05, 4.69) is 79.7 Å². The second kappa shape index (κ2) is 11.8. The predicted octanol–water partition coefficient (Wildman–Crippen LogP) is 6.94. The van der Waals surface area contributed by atoms with Gasteiger partial charge in [0, 0.05) is 0 Å². The van der Waals surface area contributed by atoms with Crippen LogP contribution in [0, 0.1) is 23.2 Å². The Morgan fingerprint density at radius 1 is 0.872 bits per heavy atom. The molecular weight excluding hydrogens is 484 g/mol. The summed E-state index contributed by atoms with van der Waals surface area (Å²) in [5.74, 6) is 3.17. The van der Waals surface area contributed by atoms with Gasteiger partial charge in [-0.3, -0.25) is 0 Å². The van der Waals surface area contributed by atoms with Gasteiger partial charge in [-0.2, -0.15) is 0 Å². The molecule has 0 bridgehead atoms. The van der Waals surface area contributed by atoms with Crippen LogP contribution in [-0.4, -0.2) is 31.0 Å². The molecule has 6 rings (SSSR count).